The highest BCUT2D eigenvalue weighted by Crippen LogP contribution is 2.23. The van der Waals surface area contributed by atoms with Crippen LogP contribution in [-0.2, 0) is 19.6 Å². The first-order chi connectivity index (χ1) is 12.6. The zero-order valence-corrected chi connectivity index (χ0v) is 17.4. The minimum atomic E-state index is -3.57. The summed E-state index contributed by atoms with van der Waals surface area (Å²) < 4.78 is 30.8. The van der Waals surface area contributed by atoms with Crippen molar-refractivity contribution in [3.05, 3.63) is 58.1 Å². The Morgan fingerprint density at radius 2 is 1.74 bits per heavy atom. The van der Waals surface area contributed by atoms with Gasteiger partial charge in [-0.05, 0) is 64.8 Å². The van der Waals surface area contributed by atoms with Crippen molar-refractivity contribution >= 4 is 43.5 Å². The maximum atomic E-state index is 12.0. The molecule has 9 heteroatoms. The number of amides is 1. The van der Waals surface area contributed by atoms with Gasteiger partial charge < -0.3 is 10.1 Å². The van der Waals surface area contributed by atoms with Gasteiger partial charge in [0.2, 0.25) is 10.0 Å². The lowest BCUT2D eigenvalue weighted by atomic mass is 10.2. The Morgan fingerprint density at radius 1 is 1.11 bits per heavy atom. The molecule has 2 rings (SSSR count). The molecule has 1 N–H and O–H groups in total. The minimum absolute atomic E-state index is 0.0611. The van der Waals surface area contributed by atoms with Gasteiger partial charge in [0.1, 0.15) is 0 Å². The van der Waals surface area contributed by atoms with Gasteiger partial charge in [0.25, 0.3) is 5.91 Å². The second kappa shape index (κ2) is 8.64. The number of anilines is 1. The summed E-state index contributed by atoms with van der Waals surface area (Å²) in [6, 6.07) is 10.7. The van der Waals surface area contributed by atoms with Crippen molar-refractivity contribution in [2.24, 2.45) is 0 Å². The van der Waals surface area contributed by atoms with Crippen LogP contribution in [0.15, 0.2) is 51.8 Å². The number of sulfonamides is 1. The van der Waals surface area contributed by atoms with E-state index in [-0.39, 0.29) is 10.5 Å². The van der Waals surface area contributed by atoms with Crippen LogP contribution in [0.5, 0.6) is 0 Å². The van der Waals surface area contributed by atoms with Crippen molar-refractivity contribution in [3.8, 4) is 0 Å². The van der Waals surface area contributed by atoms with Crippen LogP contribution >= 0.6 is 15.9 Å². The number of ether oxygens (including phenoxy) is 1. The summed E-state index contributed by atoms with van der Waals surface area (Å²) in [5.74, 6) is -1.21. The van der Waals surface area contributed by atoms with E-state index in [2.05, 4.69) is 21.2 Å². The third-order valence-corrected chi connectivity index (χ3v) is 6.09. The predicted octanol–water partition coefficient (Wildman–Crippen LogP) is 2.80. The van der Waals surface area contributed by atoms with E-state index in [4.69, 9.17) is 4.74 Å². The van der Waals surface area contributed by atoms with Crippen LogP contribution < -0.4 is 5.32 Å². The Bertz CT molecular complexity index is 956. The van der Waals surface area contributed by atoms with Crippen LogP contribution in [0.1, 0.15) is 15.9 Å². The van der Waals surface area contributed by atoms with E-state index in [9.17, 15) is 18.0 Å². The Hall–Kier alpha value is -2.23. The molecule has 0 spiro atoms. The highest BCUT2D eigenvalue weighted by Gasteiger charge is 2.18. The number of hydrogen-bond acceptors (Lipinski definition) is 5. The van der Waals surface area contributed by atoms with Gasteiger partial charge in [0.05, 0.1) is 16.1 Å². The molecule has 0 radical (unpaired) electrons. The quantitative estimate of drug-likeness (QED) is 0.677. The summed E-state index contributed by atoms with van der Waals surface area (Å²) >= 11 is 3.35. The normalized spacial score (nSPS) is 11.3. The first kappa shape index (κ1) is 21.1. The lowest BCUT2D eigenvalue weighted by Gasteiger charge is -2.11. The Labute approximate surface area is 166 Å². The van der Waals surface area contributed by atoms with Gasteiger partial charge in [-0.1, -0.05) is 6.07 Å². The Morgan fingerprint density at radius 3 is 2.30 bits per heavy atom. The first-order valence-electron chi connectivity index (χ1n) is 7.87. The zero-order valence-electron chi connectivity index (χ0n) is 15.0. The van der Waals surface area contributed by atoms with Gasteiger partial charge in [-0.15, -0.1) is 0 Å². The number of carbonyl (C=O) groups excluding carboxylic acids is 2. The number of carbonyl (C=O) groups is 2. The predicted molar refractivity (Wildman–Crippen MR) is 105 cm³/mol. The maximum absolute atomic E-state index is 12.0. The smallest absolute Gasteiger partial charge is 0.338 e. The van der Waals surface area contributed by atoms with E-state index in [0.29, 0.717) is 5.69 Å². The van der Waals surface area contributed by atoms with E-state index < -0.39 is 28.5 Å². The molecule has 0 aliphatic carbocycles. The largest absolute Gasteiger partial charge is 0.452 e. The van der Waals surface area contributed by atoms with Crippen LogP contribution in [0.4, 0.5) is 5.69 Å². The molecular weight excluding hydrogens is 436 g/mol. The molecule has 0 aromatic heterocycles. The number of benzene rings is 2. The lowest BCUT2D eigenvalue weighted by Crippen LogP contribution is -2.22. The van der Waals surface area contributed by atoms with Crippen molar-refractivity contribution in [2.45, 2.75) is 11.8 Å². The van der Waals surface area contributed by atoms with E-state index in [0.717, 1.165) is 14.3 Å². The first-order valence-corrected chi connectivity index (χ1v) is 10.1. The Kier molecular flexibility index (Phi) is 6.74. The molecular formula is C18H19BrN2O5S. The average molecular weight is 455 g/mol. The lowest BCUT2D eigenvalue weighted by molar-refractivity contribution is -0.119. The number of nitrogens with one attached hydrogen (secondary N) is 1. The van der Waals surface area contributed by atoms with Crippen LogP contribution in [0, 0.1) is 6.92 Å². The van der Waals surface area contributed by atoms with Crippen LogP contribution in [0.3, 0.4) is 0 Å². The van der Waals surface area contributed by atoms with Crippen molar-refractivity contribution < 1.29 is 22.7 Å². The number of esters is 1. The second-order valence-electron chi connectivity index (χ2n) is 5.92. The molecule has 2 aromatic carbocycles. The van der Waals surface area contributed by atoms with Crippen molar-refractivity contribution in [1.29, 1.82) is 0 Å². The van der Waals surface area contributed by atoms with Crippen LogP contribution in [0.25, 0.3) is 0 Å². The monoisotopic (exact) mass is 454 g/mol. The molecule has 144 valence electrons. The molecule has 0 unspecified atom stereocenters. The fourth-order valence-corrected chi connectivity index (χ4v) is 3.59. The number of hydrogen-bond donors (Lipinski definition) is 1. The van der Waals surface area contributed by atoms with Gasteiger partial charge in [-0.3, -0.25) is 4.79 Å². The van der Waals surface area contributed by atoms with Gasteiger partial charge in [-0.2, -0.15) is 0 Å². The summed E-state index contributed by atoms with van der Waals surface area (Å²) in [5, 5.41) is 2.64. The molecule has 0 atom stereocenters. The van der Waals surface area contributed by atoms with E-state index in [1.165, 1.54) is 38.4 Å². The molecule has 0 fully saturated rings. The molecule has 0 aliphatic heterocycles. The van der Waals surface area contributed by atoms with Crippen LogP contribution in [0.2, 0.25) is 0 Å². The standard InChI is InChI=1S/C18H19BrN2O5S/c1-12-4-9-16(15(19)10-12)20-17(22)11-26-18(23)13-5-7-14(8-6-13)27(24,25)21(2)3/h4-10H,11H2,1-3H3,(H,20,22). The molecule has 0 saturated heterocycles. The van der Waals surface area contributed by atoms with E-state index in [1.807, 2.05) is 19.1 Å². The van der Waals surface area contributed by atoms with Gasteiger partial charge in [-0.25, -0.2) is 17.5 Å². The molecule has 0 saturated carbocycles. The van der Waals surface area contributed by atoms with Gasteiger partial charge in [0.15, 0.2) is 6.61 Å². The van der Waals surface area contributed by atoms with Crippen molar-refractivity contribution in [2.75, 3.05) is 26.0 Å². The van der Waals surface area contributed by atoms with E-state index in [1.54, 1.807) is 6.07 Å². The summed E-state index contributed by atoms with van der Waals surface area (Å²) in [4.78, 5) is 24.0. The third kappa shape index (κ3) is 5.38. The van der Waals surface area contributed by atoms with E-state index >= 15 is 0 Å². The third-order valence-electron chi connectivity index (χ3n) is 3.60. The summed E-state index contributed by atoms with van der Waals surface area (Å²) in [6.07, 6.45) is 0. The minimum Gasteiger partial charge on any atom is -0.452 e. The average Bonchev–Trinajstić information content (AvgIpc) is 2.62. The fraction of sp³-hybridized carbons (Fsp3) is 0.222. The SMILES string of the molecule is Cc1ccc(NC(=O)COC(=O)c2ccc(S(=O)(=O)N(C)C)cc2)c(Br)c1. The number of aryl methyl sites for hydroxylation is 1. The van der Waals surface area contributed by atoms with Crippen molar-refractivity contribution in [3.63, 3.8) is 0 Å². The van der Waals surface area contributed by atoms with Gasteiger partial charge >= 0.3 is 5.97 Å². The summed E-state index contributed by atoms with van der Waals surface area (Å²) in [5.41, 5.74) is 1.75. The zero-order chi connectivity index (χ0) is 20.2. The summed E-state index contributed by atoms with van der Waals surface area (Å²) in [7, 11) is -0.736. The molecule has 2 aromatic rings. The van der Waals surface area contributed by atoms with Crippen molar-refractivity contribution in [1.82, 2.24) is 4.31 Å². The molecule has 7 nitrogen and oxygen atoms in total. The topological polar surface area (TPSA) is 92.8 Å². The summed E-state index contributed by atoms with van der Waals surface area (Å²) in [6.45, 7) is 1.46. The fourth-order valence-electron chi connectivity index (χ4n) is 2.10. The second-order valence-corrected chi connectivity index (χ2v) is 8.93. The van der Waals surface area contributed by atoms with Gasteiger partial charge in [0, 0.05) is 18.6 Å². The highest BCUT2D eigenvalue weighted by atomic mass is 79.9. The number of rotatable bonds is 6. The number of nitrogens with zero attached hydrogens (tertiary/aromatic N) is 1. The highest BCUT2D eigenvalue weighted by molar-refractivity contribution is 9.10. The molecule has 0 heterocycles. The molecule has 0 aliphatic rings. The number of halogens is 1. The Balaban J connectivity index is 1.96. The van der Waals surface area contributed by atoms with Crippen LogP contribution in [-0.4, -0.2) is 45.3 Å². The molecule has 27 heavy (non-hydrogen) atoms. The maximum Gasteiger partial charge on any atom is 0.338 e. The molecule has 1 amide bonds. The molecule has 0 bridgehead atoms.